The first-order chi connectivity index (χ1) is 14.4. The number of alkyl halides is 3. The zero-order valence-corrected chi connectivity index (χ0v) is 15.4. The first-order valence-corrected chi connectivity index (χ1v) is 8.74. The third kappa shape index (κ3) is 5.59. The second-order valence-electron chi connectivity index (χ2n) is 5.97. The van der Waals surface area contributed by atoms with Crippen LogP contribution in [0.5, 0.6) is 5.75 Å². The zero-order valence-electron chi connectivity index (χ0n) is 15.4. The van der Waals surface area contributed by atoms with Gasteiger partial charge in [0, 0.05) is 18.2 Å². The van der Waals surface area contributed by atoms with Crippen LogP contribution in [-0.4, -0.2) is 34.6 Å². The molecule has 30 heavy (non-hydrogen) atoms. The average molecular weight is 415 g/mol. The SMILES string of the molecule is N#Cc1ccccc1Nc1cc(-c2cccc(OC(F)(F)F)c2)nc(NCCO)n1. The predicted molar refractivity (Wildman–Crippen MR) is 104 cm³/mol. The van der Waals surface area contributed by atoms with Crippen molar-refractivity contribution in [2.24, 2.45) is 0 Å². The molecule has 0 amide bonds. The second-order valence-corrected chi connectivity index (χ2v) is 5.97. The molecule has 154 valence electrons. The van der Waals surface area contributed by atoms with Gasteiger partial charge in [0.1, 0.15) is 17.6 Å². The van der Waals surface area contributed by atoms with Gasteiger partial charge in [-0.05, 0) is 24.3 Å². The van der Waals surface area contributed by atoms with Crippen LogP contribution >= 0.6 is 0 Å². The number of anilines is 3. The number of ether oxygens (including phenoxy) is 1. The van der Waals surface area contributed by atoms with Crippen LogP contribution in [0.3, 0.4) is 0 Å². The molecule has 3 N–H and O–H groups in total. The maximum absolute atomic E-state index is 12.5. The molecule has 0 bridgehead atoms. The number of aliphatic hydroxyl groups excluding tert-OH is 1. The number of aliphatic hydroxyl groups is 1. The number of nitrogens with zero attached hydrogens (tertiary/aromatic N) is 3. The highest BCUT2D eigenvalue weighted by Gasteiger charge is 2.31. The third-order valence-electron chi connectivity index (χ3n) is 3.79. The molecule has 1 aromatic heterocycles. The van der Waals surface area contributed by atoms with E-state index in [-0.39, 0.29) is 24.8 Å². The highest BCUT2D eigenvalue weighted by atomic mass is 19.4. The molecule has 7 nitrogen and oxygen atoms in total. The quantitative estimate of drug-likeness (QED) is 0.535. The Hall–Kier alpha value is -3.84. The molecule has 0 fully saturated rings. The summed E-state index contributed by atoms with van der Waals surface area (Å²) in [4.78, 5) is 8.57. The first kappa shape index (κ1) is 20.9. The van der Waals surface area contributed by atoms with Gasteiger partial charge >= 0.3 is 6.36 Å². The Bertz CT molecular complexity index is 1070. The molecule has 0 spiro atoms. The fourth-order valence-electron chi connectivity index (χ4n) is 2.59. The van der Waals surface area contributed by atoms with Crippen LogP contribution in [0.2, 0.25) is 0 Å². The summed E-state index contributed by atoms with van der Waals surface area (Å²) in [6.45, 7) is 0.0113. The average Bonchev–Trinajstić information content (AvgIpc) is 2.71. The summed E-state index contributed by atoms with van der Waals surface area (Å²) in [7, 11) is 0. The van der Waals surface area contributed by atoms with Crippen molar-refractivity contribution in [3.8, 4) is 23.1 Å². The van der Waals surface area contributed by atoms with Crippen LogP contribution in [0.4, 0.5) is 30.6 Å². The predicted octanol–water partition coefficient (Wildman–Crippen LogP) is 4.06. The number of nitrogens with one attached hydrogen (secondary N) is 2. The lowest BCUT2D eigenvalue weighted by Gasteiger charge is -2.13. The van der Waals surface area contributed by atoms with Crippen molar-refractivity contribution < 1.29 is 23.0 Å². The third-order valence-corrected chi connectivity index (χ3v) is 3.79. The van der Waals surface area contributed by atoms with Gasteiger partial charge in [0.15, 0.2) is 0 Å². The maximum Gasteiger partial charge on any atom is 0.573 e. The van der Waals surface area contributed by atoms with Crippen LogP contribution < -0.4 is 15.4 Å². The van der Waals surface area contributed by atoms with Gasteiger partial charge in [0.2, 0.25) is 5.95 Å². The number of hydrogen-bond acceptors (Lipinski definition) is 7. The fourth-order valence-corrected chi connectivity index (χ4v) is 2.59. The molecule has 0 radical (unpaired) electrons. The van der Waals surface area contributed by atoms with E-state index in [0.717, 1.165) is 0 Å². The molecule has 10 heteroatoms. The molecule has 0 aliphatic rings. The highest BCUT2D eigenvalue weighted by molar-refractivity contribution is 5.70. The number of hydrogen-bond donors (Lipinski definition) is 3. The van der Waals surface area contributed by atoms with Gasteiger partial charge in [-0.25, -0.2) is 4.98 Å². The lowest BCUT2D eigenvalue weighted by molar-refractivity contribution is -0.274. The van der Waals surface area contributed by atoms with Crippen molar-refractivity contribution in [3.63, 3.8) is 0 Å². The molecule has 0 atom stereocenters. The zero-order chi connectivity index (χ0) is 21.6. The summed E-state index contributed by atoms with van der Waals surface area (Å²) < 4.78 is 41.6. The van der Waals surface area contributed by atoms with Gasteiger partial charge < -0.3 is 20.5 Å². The molecule has 0 unspecified atom stereocenters. The van der Waals surface area contributed by atoms with Gasteiger partial charge in [0.25, 0.3) is 0 Å². The number of benzene rings is 2. The van der Waals surface area contributed by atoms with Crippen molar-refractivity contribution in [2.45, 2.75) is 6.36 Å². The van der Waals surface area contributed by atoms with E-state index in [1.807, 2.05) is 0 Å². The minimum atomic E-state index is -4.81. The lowest BCUT2D eigenvalue weighted by Crippen LogP contribution is -2.17. The number of nitriles is 1. The summed E-state index contributed by atoms with van der Waals surface area (Å²) in [5, 5.41) is 24.1. The molecule has 0 aliphatic carbocycles. The summed E-state index contributed by atoms with van der Waals surface area (Å²) in [6, 6.07) is 15.8. The summed E-state index contributed by atoms with van der Waals surface area (Å²) in [5.41, 5.74) is 1.58. The van der Waals surface area contributed by atoms with E-state index in [2.05, 4.69) is 31.4 Å². The molecular weight excluding hydrogens is 399 g/mol. The van der Waals surface area contributed by atoms with E-state index in [1.54, 1.807) is 30.3 Å². The fraction of sp³-hybridized carbons (Fsp3) is 0.150. The van der Waals surface area contributed by atoms with Crippen molar-refractivity contribution in [1.29, 1.82) is 5.26 Å². The topological polar surface area (TPSA) is 103 Å². The van der Waals surface area contributed by atoms with Crippen LogP contribution in [0.1, 0.15) is 5.56 Å². The van der Waals surface area contributed by atoms with Crippen molar-refractivity contribution in [2.75, 3.05) is 23.8 Å². The summed E-state index contributed by atoms with van der Waals surface area (Å²) >= 11 is 0. The van der Waals surface area contributed by atoms with Gasteiger partial charge in [-0.3, -0.25) is 0 Å². The summed E-state index contributed by atoms with van der Waals surface area (Å²) in [6.07, 6.45) is -4.81. The molecular formula is C20H16F3N5O2. The molecule has 3 aromatic rings. The Morgan fingerprint density at radius 1 is 1.07 bits per heavy atom. The molecule has 0 saturated heterocycles. The minimum Gasteiger partial charge on any atom is -0.406 e. The van der Waals surface area contributed by atoms with E-state index in [1.165, 1.54) is 24.3 Å². The van der Waals surface area contributed by atoms with E-state index < -0.39 is 6.36 Å². The smallest absolute Gasteiger partial charge is 0.406 e. The molecule has 3 rings (SSSR count). The highest BCUT2D eigenvalue weighted by Crippen LogP contribution is 2.29. The summed E-state index contributed by atoms with van der Waals surface area (Å²) in [5.74, 6) is 0.0822. The van der Waals surface area contributed by atoms with Crippen LogP contribution in [-0.2, 0) is 0 Å². The number of rotatable bonds is 7. The number of halogens is 3. The number of aromatic nitrogens is 2. The number of para-hydroxylation sites is 1. The monoisotopic (exact) mass is 415 g/mol. The van der Waals surface area contributed by atoms with Crippen molar-refractivity contribution in [1.82, 2.24) is 9.97 Å². The molecule has 2 aromatic carbocycles. The molecule has 0 saturated carbocycles. The van der Waals surface area contributed by atoms with Gasteiger partial charge in [-0.1, -0.05) is 24.3 Å². The largest absolute Gasteiger partial charge is 0.573 e. The maximum atomic E-state index is 12.5. The first-order valence-electron chi connectivity index (χ1n) is 8.74. The Balaban J connectivity index is 1.99. The van der Waals surface area contributed by atoms with Gasteiger partial charge in [0.05, 0.1) is 23.6 Å². The van der Waals surface area contributed by atoms with E-state index in [0.29, 0.717) is 28.3 Å². The Kier molecular flexibility index (Phi) is 6.34. The molecule has 1 heterocycles. The van der Waals surface area contributed by atoms with Crippen LogP contribution in [0, 0.1) is 11.3 Å². The molecule has 0 aliphatic heterocycles. The lowest BCUT2D eigenvalue weighted by atomic mass is 10.1. The van der Waals surface area contributed by atoms with E-state index >= 15 is 0 Å². The van der Waals surface area contributed by atoms with E-state index in [4.69, 9.17) is 5.11 Å². The normalized spacial score (nSPS) is 10.9. The second kappa shape index (κ2) is 9.11. The van der Waals surface area contributed by atoms with Gasteiger partial charge in [-0.2, -0.15) is 10.2 Å². The van der Waals surface area contributed by atoms with E-state index in [9.17, 15) is 18.4 Å². The Labute approximate surface area is 169 Å². The van der Waals surface area contributed by atoms with Gasteiger partial charge in [-0.15, -0.1) is 13.2 Å². The minimum absolute atomic E-state index is 0.153. The van der Waals surface area contributed by atoms with Crippen LogP contribution in [0.15, 0.2) is 54.6 Å². The van der Waals surface area contributed by atoms with Crippen molar-refractivity contribution >= 4 is 17.5 Å². The Morgan fingerprint density at radius 3 is 2.60 bits per heavy atom. The standard InChI is InChI=1S/C20H16F3N5O2/c21-20(22,23)30-15-6-3-5-13(10-15)17-11-18(28-19(27-17)25-8-9-29)26-16-7-2-1-4-14(16)12-24/h1-7,10-11,29H,8-9H2,(H2,25,26,27,28). The van der Waals surface area contributed by atoms with Crippen LogP contribution in [0.25, 0.3) is 11.3 Å². The Morgan fingerprint density at radius 2 is 1.87 bits per heavy atom. The van der Waals surface area contributed by atoms with Crippen molar-refractivity contribution in [3.05, 3.63) is 60.2 Å².